The van der Waals surface area contributed by atoms with Gasteiger partial charge < -0.3 is 24.7 Å². The molecule has 170 valence electrons. The normalized spacial score (nSPS) is 14.8. The van der Waals surface area contributed by atoms with Gasteiger partial charge in [0.15, 0.2) is 0 Å². The lowest BCUT2D eigenvalue weighted by molar-refractivity contribution is 0.0713. The first-order chi connectivity index (χ1) is 15.6. The van der Waals surface area contributed by atoms with Gasteiger partial charge in [-0.25, -0.2) is 4.39 Å². The van der Waals surface area contributed by atoms with Gasteiger partial charge in [0.05, 0.1) is 19.3 Å². The van der Waals surface area contributed by atoms with Crippen molar-refractivity contribution >= 4 is 16.9 Å². The zero-order valence-corrected chi connectivity index (χ0v) is 18.5. The van der Waals surface area contributed by atoms with Crippen LogP contribution in [0.25, 0.3) is 11.0 Å². The molecule has 32 heavy (non-hydrogen) atoms. The fraction of sp³-hybridized carbons (Fsp3) is 0.417. The number of fused-ring (bicyclic) bond motifs is 1. The minimum absolute atomic E-state index is 0.0680. The van der Waals surface area contributed by atoms with Crippen LogP contribution in [0, 0.1) is 5.82 Å². The molecule has 0 saturated carbocycles. The Kier molecular flexibility index (Phi) is 6.72. The number of nitrogens with two attached hydrogens (primary N) is 1. The van der Waals surface area contributed by atoms with E-state index in [-0.39, 0.29) is 17.6 Å². The van der Waals surface area contributed by atoms with Crippen LogP contribution < -0.4 is 10.5 Å². The maximum Gasteiger partial charge on any atom is 0.257 e. The number of hydrogen-bond acceptors (Lipinski definition) is 5. The molecule has 0 aliphatic carbocycles. The maximum atomic E-state index is 14.4. The van der Waals surface area contributed by atoms with Crippen LogP contribution in [-0.2, 0) is 17.8 Å². The summed E-state index contributed by atoms with van der Waals surface area (Å²) in [6, 6.07) is 6.85. The Balaban J connectivity index is 1.56. The smallest absolute Gasteiger partial charge is 0.257 e. The van der Waals surface area contributed by atoms with Gasteiger partial charge in [0, 0.05) is 51.7 Å². The number of amides is 1. The Morgan fingerprint density at radius 1 is 1.25 bits per heavy atom. The Morgan fingerprint density at radius 3 is 2.72 bits per heavy atom. The predicted molar refractivity (Wildman–Crippen MR) is 120 cm³/mol. The van der Waals surface area contributed by atoms with Crippen molar-refractivity contribution in [3.63, 3.8) is 0 Å². The fourth-order valence-corrected chi connectivity index (χ4v) is 4.48. The second-order valence-electron chi connectivity index (χ2n) is 8.07. The van der Waals surface area contributed by atoms with Crippen LogP contribution in [0.1, 0.15) is 40.2 Å². The van der Waals surface area contributed by atoms with Gasteiger partial charge in [-0.05, 0) is 36.0 Å². The van der Waals surface area contributed by atoms with E-state index in [1.807, 2.05) is 21.7 Å². The largest absolute Gasteiger partial charge is 0.494 e. The van der Waals surface area contributed by atoms with Crippen LogP contribution in [-0.4, -0.2) is 54.3 Å². The molecule has 4 rings (SSSR count). The molecular formula is C24H29FN4O3. The zero-order chi connectivity index (χ0) is 22.7. The van der Waals surface area contributed by atoms with Crippen molar-refractivity contribution < 1.29 is 18.7 Å². The van der Waals surface area contributed by atoms with E-state index in [1.54, 1.807) is 32.5 Å². The zero-order valence-electron chi connectivity index (χ0n) is 18.5. The lowest BCUT2D eigenvalue weighted by Gasteiger charge is -2.32. The number of piperidine rings is 1. The highest BCUT2D eigenvalue weighted by molar-refractivity contribution is 6.06. The molecule has 8 heteroatoms. The van der Waals surface area contributed by atoms with Gasteiger partial charge in [-0.2, -0.15) is 0 Å². The van der Waals surface area contributed by atoms with Crippen LogP contribution >= 0.6 is 0 Å². The molecule has 0 bridgehead atoms. The quantitative estimate of drug-likeness (QED) is 0.610. The highest BCUT2D eigenvalue weighted by atomic mass is 19.1. The predicted octanol–water partition coefficient (Wildman–Crippen LogP) is 3.31. The number of hydrogen-bond donors (Lipinski definition) is 1. The van der Waals surface area contributed by atoms with E-state index in [0.717, 1.165) is 11.1 Å². The number of carbonyl (C=O) groups excluding carboxylic acids is 1. The van der Waals surface area contributed by atoms with Crippen molar-refractivity contribution in [2.24, 2.45) is 5.73 Å². The molecular weight excluding hydrogens is 411 g/mol. The molecule has 1 saturated heterocycles. The Labute approximate surface area is 186 Å². The molecule has 3 heterocycles. The Morgan fingerprint density at radius 2 is 2.03 bits per heavy atom. The van der Waals surface area contributed by atoms with Gasteiger partial charge >= 0.3 is 0 Å². The number of aromatic nitrogens is 2. The molecule has 0 atom stereocenters. The van der Waals surface area contributed by atoms with Crippen molar-refractivity contribution in [3.05, 3.63) is 59.2 Å². The SMILES string of the molecule is COCCn1cc(C(=O)N2CCC(c3cc(CN)ccc3F)CC2)c2nccc(OC)c21. The molecule has 1 fully saturated rings. The molecule has 1 aliphatic rings. The summed E-state index contributed by atoms with van der Waals surface area (Å²) in [5.74, 6) is 0.469. The highest BCUT2D eigenvalue weighted by Gasteiger charge is 2.29. The van der Waals surface area contributed by atoms with Crippen molar-refractivity contribution in [2.75, 3.05) is 33.9 Å². The summed E-state index contributed by atoms with van der Waals surface area (Å²) in [5, 5.41) is 0. The van der Waals surface area contributed by atoms with Crippen molar-refractivity contribution in [1.82, 2.24) is 14.5 Å². The van der Waals surface area contributed by atoms with Crippen LogP contribution in [0.2, 0.25) is 0 Å². The van der Waals surface area contributed by atoms with E-state index in [2.05, 4.69) is 4.98 Å². The lowest BCUT2D eigenvalue weighted by atomic mass is 9.88. The maximum absolute atomic E-state index is 14.4. The van der Waals surface area contributed by atoms with Crippen molar-refractivity contribution in [3.8, 4) is 5.75 Å². The third-order valence-corrected chi connectivity index (χ3v) is 6.22. The van der Waals surface area contributed by atoms with E-state index < -0.39 is 0 Å². The molecule has 0 unspecified atom stereocenters. The standard InChI is InChI=1S/C24H29FN4O3/c1-31-12-11-29-15-19(22-23(29)21(32-2)5-8-27-22)24(30)28-9-6-17(7-10-28)18-13-16(14-26)3-4-20(18)25/h3-5,8,13,15,17H,6-7,9-12,14,26H2,1-2H3. The monoisotopic (exact) mass is 440 g/mol. The summed E-state index contributed by atoms with van der Waals surface area (Å²) in [4.78, 5) is 19.7. The number of likely N-dealkylation sites (tertiary alicyclic amines) is 1. The Bertz CT molecular complexity index is 1110. The minimum atomic E-state index is -0.204. The lowest BCUT2D eigenvalue weighted by Crippen LogP contribution is -2.38. The van der Waals surface area contributed by atoms with Gasteiger partial charge in [-0.15, -0.1) is 0 Å². The minimum Gasteiger partial charge on any atom is -0.494 e. The number of pyridine rings is 1. The molecule has 0 spiro atoms. The summed E-state index contributed by atoms with van der Waals surface area (Å²) in [6.45, 7) is 2.60. The van der Waals surface area contributed by atoms with Crippen molar-refractivity contribution in [1.29, 1.82) is 0 Å². The second-order valence-corrected chi connectivity index (χ2v) is 8.07. The molecule has 0 radical (unpaired) electrons. The number of benzene rings is 1. The van der Waals surface area contributed by atoms with Crippen LogP contribution in [0.3, 0.4) is 0 Å². The van der Waals surface area contributed by atoms with Crippen LogP contribution in [0.15, 0.2) is 36.7 Å². The average molecular weight is 441 g/mol. The molecule has 1 aliphatic heterocycles. The summed E-state index contributed by atoms with van der Waals surface area (Å²) in [6.07, 6.45) is 4.89. The number of ether oxygens (including phenoxy) is 2. The number of nitrogens with zero attached hydrogens (tertiary/aromatic N) is 3. The topological polar surface area (TPSA) is 82.6 Å². The second kappa shape index (κ2) is 9.67. The van der Waals surface area contributed by atoms with Crippen molar-refractivity contribution in [2.45, 2.75) is 31.8 Å². The van der Waals surface area contributed by atoms with Gasteiger partial charge in [0.1, 0.15) is 22.6 Å². The van der Waals surface area contributed by atoms with Gasteiger partial charge in [0.2, 0.25) is 0 Å². The summed E-state index contributed by atoms with van der Waals surface area (Å²) >= 11 is 0. The first kappa shape index (κ1) is 22.2. The Hall–Kier alpha value is -2.97. The summed E-state index contributed by atoms with van der Waals surface area (Å²) < 4.78 is 27.1. The van der Waals surface area contributed by atoms with E-state index in [4.69, 9.17) is 15.2 Å². The number of rotatable bonds is 7. The highest BCUT2D eigenvalue weighted by Crippen LogP contribution is 2.33. The van der Waals surface area contributed by atoms with Crippen LogP contribution in [0.4, 0.5) is 4.39 Å². The summed E-state index contributed by atoms with van der Waals surface area (Å²) in [7, 11) is 3.25. The molecule has 7 nitrogen and oxygen atoms in total. The van der Waals surface area contributed by atoms with E-state index in [9.17, 15) is 9.18 Å². The van der Waals surface area contributed by atoms with E-state index in [1.165, 1.54) is 6.07 Å². The van der Waals surface area contributed by atoms with Gasteiger partial charge in [-0.1, -0.05) is 12.1 Å². The number of carbonyl (C=O) groups is 1. The molecule has 2 N–H and O–H groups in total. The number of halogens is 1. The van der Waals surface area contributed by atoms with Gasteiger partial charge in [-0.3, -0.25) is 9.78 Å². The molecule has 3 aromatic rings. The van der Waals surface area contributed by atoms with E-state index in [0.29, 0.717) is 68.0 Å². The van der Waals surface area contributed by atoms with Gasteiger partial charge in [0.25, 0.3) is 5.91 Å². The first-order valence-corrected chi connectivity index (χ1v) is 10.9. The molecule has 2 aromatic heterocycles. The average Bonchev–Trinajstić information content (AvgIpc) is 3.21. The third kappa shape index (κ3) is 4.20. The first-order valence-electron chi connectivity index (χ1n) is 10.9. The number of methoxy groups -OCH3 is 2. The summed E-state index contributed by atoms with van der Waals surface area (Å²) in [5.41, 5.74) is 9.29. The molecule has 1 aromatic carbocycles. The van der Waals surface area contributed by atoms with Crippen LogP contribution in [0.5, 0.6) is 5.75 Å². The fourth-order valence-electron chi connectivity index (χ4n) is 4.48. The molecule has 1 amide bonds. The third-order valence-electron chi connectivity index (χ3n) is 6.22. The van der Waals surface area contributed by atoms with E-state index >= 15 is 0 Å².